The summed E-state index contributed by atoms with van der Waals surface area (Å²) in [5.41, 5.74) is -0.638. The molecule has 0 aliphatic carbocycles. The van der Waals surface area contributed by atoms with Gasteiger partial charge in [0.15, 0.2) is 0 Å². The predicted octanol–water partition coefficient (Wildman–Crippen LogP) is 3.02. The van der Waals surface area contributed by atoms with Gasteiger partial charge in [-0.15, -0.1) is 0 Å². The average molecular weight is 414 g/mol. The first kappa shape index (κ1) is 19.1. The molecule has 2 aliphatic heterocycles. The summed E-state index contributed by atoms with van der Waals surface area (Å²) in [5, 5.41) is -1.25. The molecule has 1 atom stereocenters. The molecule has 1 unspecified atom stereocenters. The van der Waals surface area contributed by atoms with E-state index in [2.05, 4.69) is 0 Å². The van der Waals surface area contributed by atoms with E-state index >= 15 is 0 Å². The third-order valence-corrected chi connectivity index (χ3v) is 6.04. The summed E-state index contributed by atoms with van der Waals surface area (Å²) >= 11 is 0.747. The van der Waals surface area contributed by atoms with Crippen molar-refractivity contribution in [3.8, 4) is 0 Å². The van der Waals surface area contributed by atoms with Gasteiger partial charge in [-0.05, 0) is 19.1 Å². The monoisotopic (exact) mass is 414 g/mol. The molecular weight excluding hydrogens is 397 g/mol. The molecule has 0 amide bonds. The Kier molecular flexibility index (Phi) is 5.00. The second-order valence-corrected chi connectivity index (χ2v) is 7.47. The minimum Gasteiger partial charge on any atom is -0.462 e. The van der Waals surface area contributed by atoms with Crippen LogP contribution >= 0.6 is 11.8 Å². The molecule has 3 heterocycles. The number of anilines is 1. The third-order valence-electron chi connectivity index (χ3n) is 4.76. The van der Waals surface area contributed by atoms with Gasteiger partial charge in [-0.25, -0.2) is 18.0 Å². The highest BCUT2D eigenvalue weighted by molar-refractivity contribution is 8.00. The zero-order valence-electron chi connectivity index (χ0n) is 14.9. The van der Waals surface area contributed by atoms with E-state index in [1.807, 2.05) is 0 Å². The van der Waals surface area contributed by atoms with Gasteiger partial charge in [0.1, 0.15) is 16.8 Å². The molecule has 6 nitrogen and oxygen atoms in total. The molecule has 28 heavy (non-hydrogen) atoms. The molecule has 0 bridgehead atoms. The number of carbonyl (C=O) groups excluding carboxylic acids is 1. The lowest BCUT2D eigenvalue weighted by atomic mass is 10.1. The first-order valence-corrected chi connectivity index (χ1v) is 9.68. The maximum absolute atomic E-state index is 14.8. The van der Waals surface area contributed by atoms with E-state index in [0.29, 0.717) is 26.3 Å². The van der Waals surface area contributed by atoms with Crippen LogP contribution in [0.5, 0.6) is 0 Å². The van der Waals surface area contributed by atoms with Crippen molar-refractivity contribution in [3.05, 3.63) is 33.7 Å². The number of halogens is 3. The topological polar surface area (TPSA) is 60.8 Å². The van der Waals surface area contributed by atoms with E-state index in [9.17, 15) is 22.8 Å². The molecule has 1 saturated heterocycles. The molecule has 2 aliphatic rings. The number of ether oxygens (including phenoxy) is 2. The van der Waals surface area contributed by atoms with Crippen molar-refractivity contribution in [2.75, 3.05) is 37.8 Å². The van der Waals surface area contributed by atoms with E-state index < -0.39 is 29.0 Å². The summed E-state index contributed by atoms with van der Waals surface area (Å²) in [6, 6.07) is 2.43. The average Bonchev–Trinajstić information content (AvgIpc) is 2.64. The summed E-state index contributed by atoms with van der Waals surface area (Å²) in [4.78, 5) is 26.8. The fourth-order valence-corrected chi connectivity index (χ4v) is 4.59. The van der Waals surface area contributed by atoms with Crippen molar-refractivity contribution in [2.24, 2.45) is 0 Å². The Bertz CT molecular complexity index is 1000. The van der Waals surface area contributed by atoms with Gasteiger partial charge in [0.2, 0.25) is 5.43 Å². The number of nitrogens with zero attached hydrogens (tertiary/aromatic N) is 2. The van der Waals surface area contributed by atoms with Crippen LogP contribution in [0.1, 0.15) is 22.7 Å². The molecule has 2 aromatic rings. The summed E-state index contributed by atoms with van der Waals surface area (Å²) in [5.74, 6) is -1.54. The van der Waals surface area contributed by atoms with Gasteiger partial charge in [-0.1, -0.05) is 11.8 Å². The van der Waals surface area contributed by atoms with E-state index in [1.165, 1.54) is 10.6 Å². The number of hydrogen-bond donors (Lipinski definition) is 0. The Morgan fingerprint density at radius 3 is 2.71 bits per heavy atom. The molecule has 1 aromatic heterocycles. The van der Waals surface area contributed by atoms with Crippen LogP contribution in [0.15, 0.2) is 22.0 Å². The second-order valence-electron chi connectivity index (χ2n) is 6.36. The number of hydrogen-bond acceptors (Lipinski definition) is 6. The first-order valence-electron chi connectivity index (χ1n) is 8.80. The highest BCUT2D eigenvalue weighted by atomic mass is 32.2. The van der Waals surface area contributed by atoms with E-state index in [1.54, 1.807) is 11.8 Å². The Morgan fingerprint density at radius 2 is 2.07 bits per heavy atom. The maximum atomic E-state index is 14.8. The summed E-state index contributed by atoms with van der Waals surface area (Å²) in [7, 11) is 0. The SMILES string of the molecule is CCOC(=O)c1c2n(c3cc(N4CCOCC4)c(F)cc3c1=O)C(C(F)F)S2. The maximum Gasteiger partial charge on any atom is 0.344 e. The Hall–Kier alpha value is -2.20. The molecule has 1 aromatic carbocycles. The van der Waals surface area contributed by atoms with Crippen LogP contribution in [0.2, 0.25) is 0 Å². The van der Waals surface area contributed by atoms with E-state index in [0.717, 1.165) is 17.8 Å². The zero-order chi connectivity index (χ0) is 20.0. The van der Waals surface area contributed by atoms with Gasteiger partial charge in [-0.3, -0.25) is 4.79 Å². The fraction of sp³-hybridized carbons (Fsp3) is 0.444. The van der Waals surface area contributed by atoms with E-state index in [4.69, 9.17) is 9.47 Å². The van der Waals surface area contributed by atoms with Gasteiger partial charge in [0, 0.05) is 18.5 Å². The Morgan fingerprint density at radius 1 is 1.36 bits per heavy atom. The molecule has 10 heteroatoms. The van der Waals surface area contributed by atoms with Crippen molar-refractivity contribution in [1.82, 2.24) is 4.57 Å². The van der Waals surface area contributed by atoms with Gasteiger partial charge in [-0.2, -0.15) is 0 Å². The van der Waals surface area contributed by atoms with Gasteiger partial charge in [0.05, 0.1) is 36.1 Å². The molecule has 1 fully saturated rings. The van der Waals surface area contributed by atoms with Crippen LogP contribution in [0.25, 0.3) is 10.9 Å². The second kappa shape index (κ2) is 7.32. The Labute approximate surface area is 162 Å². The standard InChI is InChI=1S/C18H17F3N2O4S/c1-2-27-18(25)13-14(24)9-7-10(19)12(22-3-5-26-6-4-22)8-11(9)23-16(13)28-17(23)15(20)21/h7-8,15,17H,2-6H2,1H3. The van der Waals surface area contributed by atoms with Gasteiger partial charge in [0.25, 0.3) is 6.43 Å². The van der Waals surface area contributed by atoms with E-state index in [-0.39, 0.29) is 33.8 Å². The molecule has 0 radical (unpaired) electrons. The smallest absolute Gasteiger partial charge is 0.344 e. The number of pyridine rings is 1. The number of alkyl halides is 2. The summed E-state index contributed by atoms with van der Waals surface area (Å²) in [6.45, 7) is 3.36. The number of aromatic nitrogens is 1. The van der Waals surface area contributed by atoms with Crippen molar-refractivity contribution < 1.29 is 27.4 Å². The first-order chi connectivity index (χ1) is 13.4. The molecule has 0 N–H and O–H groups in total. The van der Waals surface area contributed by atoms with Crippen LogP contribution < -0.4 is 10.3 Å². The number of benzene rings is 1. The molecule has 4 rings (SSSR count). The van der Waals surface area contributed by atoms with Crippen LogP contribution in [-0.2, 0) is 9.47 Å². The van der Waals surface area contributed by atoms with Crippen LogP contribution in [-0.4, -0.2) is 49.9 Å². The van der Waals surface area contributed by atoms with Crippen LogP contribution in [0.3, 0.4) is 0 Å². The number of fused-ring (bicyclic) bond motifs is 3. The predicted molar refractivity (Wildman–Crippen MR) is 98.1 cm³/mol. The van der Waals surface area contributed by atoms with Gasteiger partial charge >= 0.3 is 5.97 Å². The fourth-order valence-electron chi connectivity index (χ4n) is 3.47. The van der Waals surface area contributed by atoms with Crippen LogP contribution in [0.4, 0.5) is 18.9 Å². The summed E-state index contributed by atoms with van der Waals surface area (Å²) < 4.78 is 53.1. The van der Waals surface area contributed by atoms with Crippen molar-refractivity contribution in [2.45, 2.75) is 23.7 Å². The third kappa shape index (κ3) is 2.95. The summed E-state index contributed by atoms with van der Waals surface area (Å²) in [6.07, 6.45) is -2.71. The molecule has 0 saturated carbocycles. The molecular formula is C18H17F3N2O4S. The van der Waals surface area contributed by atoms with Crippen LogP contribution in [0, 0.1) is 5.82 Å². The lowest BCUT2D eigenvalue weighted by Crippen LogP contribution is -2.37. The minimum atomic E-state index is -2.71. The van der Waals surface area contributed by atoms with Gasteiger partial charge < -0.3 is 18.9 Å². The Balaban J connectivity index is 1.95. The number of carbonyl (C=O) groups is 1. The number of morpholine rings is 1. The molecule has 150 valence electrons. The highest BCUT2D eigenvalue weighted by Gasteiger charge is 2.40. The lowest BCUT2D eigenvalue weighted by Gasteiger charge is -2.35. The highest BCUT2D eigenvalue weighted by Crippen LogP contribution is 2.50. The van der Waals surface area contributed by atoms with Crippen molar-refractivity contribution in [1.29, 1.82) is 0 Å². The largest absolute Gasteiger partial charge is 0.462 e. The van der Waals surface area contributed by atoms with Crippen molar-refractivity contribution in [3.63, 3.8) is 0 Å². The number of esters is 1. The number of thioether (sulfide) groups is 1. The minimum absolute atomic E-state index is 0.0308. The molecule has 0 spiro atoms. The number of rotatable bonds is 4. The normalized spacial score (nSPS) is 18.9. The quantitative estimate of drug-likeness (QED) is 0.717. The zero-order valence-corrected chi connectivity index (χ0v) is 15.7. The lowest BCUT2D eigenvalue weighted by molar-refractivity contribution is 0.0514. The van der Waals surface area contributed by atoms with Crippen molar-refractivity contribution >= 4 is 34.3 Å².